The van der Waals surface area contributed by atoms with Crippen molar-refractivity contribution in [3.63, 3.8) is 0 Å². The SMILES string of the molecule is CCN(Cc1ccc(C(=O)N(C)C)cc1)C(=O)c1nc(N(CC)CC)ncc1Cl. The second-order valence-electron chi connectivity index (χ2n) is 6.75. The number of rotatable bonds is 8. The molecule has 0 aliphatic heterocycles. The minimum absolute atomic E-state index is 0.0586. The molecule has 8 heteroatoms. The highest BCUT2D eigenvalue weighted by Crippen LogP contribution is 2.19. The number of hydrogen-bond acceptors (Lipinski definition) is 5. The van der Waals surface area contributed by atoms with Crippen LogP contribution in [0, 0.1) is 0 Å². The standard InChI is InChI=1S/C21H28ClN5O2/c1-6-26(7-2)21-23-13-17(22)18(24-21)20(29)27(8-3)14-15-9-11-16(12-10-15)19(28)25(4)5/h9-13H,6-8,14H2,1-5H3. The summed E-state index contributed by atoms with van der Waals surface area (Å²) in [5, 5.41) is 0.233. The number of benzene rings is 1. The van der Waals surface area contributed by atoms with E-state index in [0.717, 1.165) is 18.7 Å². The highest BCUT2D eigenvalue weighted by Gasteiger charge is 2.21. The molecule has 0 radical (unpaired) electrons. The zero-order valence-corrected chi connectivity index (χ0v) is 18.4. The third-order valence-corrected chi connectivity index (χ3v) is 4.91. The fraction of sp³-hybridized carbons (Fsp3) is 0.429. The van der Waals surface area contributed by atoms with E-state index in [2.05, 4.69) is 9.97 Å². The first-order chi connectivity index (χ1) is 13.8. The molecule has 2 aromatic rings. The fourth-order valence-corrected chi connectivity index (χ4v) is 3.05. The number of anilines is 1. The van der Waals surface area contributed by atoms with Gasteiger partial charge in [0.05, 0.1) is 11.2 Å². The van der Waals surface area contributed by atoms with E-state index < -0.39 is 0 Å². The van der Waals surface area contributed by atoms with Crippen LogP contribution in [0.5, 0.6) is 0 Å². The summed E-state index contributed by atoms with van der Waals surface area (Å²) in [6, 6.07) is 7.25. The first-order valence-electron chi connectivity index (χ1n) is 9.69. The molecule has 0 bridgehead atoms. The molecule has 7 nitrogen and oxygen atoms in total. The molecule has 0 saturated carbocycles. The van der Waals surface area contributed by atoms with E-state index in [4.69, 9.17) is 11.6 Å². The molecule has 156 valence electrons. The van der Waals surface area contributed by atoms with Crippen LogP contribution < -0.4 is 4.90 Å². The van der Waals surface area contributed by atoms with Gasteiger partial charge in [0.1, 0.15) is 0 Å². The Hall–Kier alpha value is -2.67. The van der Waals surface area contributed by atoms with Crippen molar-refractivity contribution in [3.05, 3.63) is 52.3 Å². The molecule has 0 atom stereocenters. The lowest BCUT2D eigenvalue weighted by Crippen LogP contribution is -2.32. The van der Waals surface area contributed by atoms with Crippen molar-refractivity contribution in [2.45, 2.75) is 27.3 Å². The molecule has 2 rings (SSSR count). The summed E-state index contributed by atoms with van der Waals surface area (Å²) < 4.78 is 0. The van der Waals surface area contributed by atoms with Crippen LogP contribution in [0.15, 0.2) is 30.5 Å². The molecule has 1 aromatic carbocycles. The number of carbonyl (C=O) groups excluding carboxylic acids is 2. The van der Waals surface area contributed by atoms with Gasteiger partial charge in [-0.1, -0.05) is 23.7 Å². The lowest BCUT2D eigenvalue weighted by Gasteiger charge is -2.23. The smallest absolute Gasteiger partial charge is 0.274 e. The van der Waals surface area contributed by atoms with Gasteiger partial charge in [0.15, 0.2) is 5.69 Å². The van der Waals surface area contributed by atoms with Crippen LogP contribution in [0.1, 0.15) is 47.2 Å². The van der Waals surface area contributed by atoms with Crippen LogP contribution in [-0.4, -0.2) is 65.3 Å². The first kappa shape index (κ1) is 22.6. The van der Waals surface area contributed by atoms with Crippen molar-refractivity contribution in [2.24, 2.45) is 0 Å². The Bertz CT molecular complexity index is 851. The summed E-state index contributed by atoms with van der Waals surface area (Å²) in [6.45, 7) is 8.29. The molecule has 29 heavy (non-hydrogen) atoms. The van der Waals surface area contributed by atoms with Crippen molar-refractivity contribution in [1.82, 2.24) is 19.8 Å². The predicted molar refractivity (Wildman–Crippen MR) is 115 cm³/mol. The van der Waals surface area contributed by atoms with Crippen LogP contribution in [0.3, 0.4) is 0 Å². The summed E-state index contributed by atoms with van der Waals surface area (Å²) in [6.07, 6.45) is 1.48. The Labute approximate surface area is 177 Å². The maximum Gasteiger partial charge on any atom is 0.274 e. The van der Waals surface area contributed by atoms with Gasteiger partial charge in [-0.15, -0.1) is 0 Å². The topological polar surface area (TPSA) is 69.6 Å². The maximum atomic E-state index is 13.1. The van der Waals surface area contributed by atoms with Crippen molar-refractivity contribution in [1.29, 1.82) is 0 Å². The number of halogens is 1. The average Bonchev–Trinajstić information content (AvgIpc) is 2.73. The normalized spacial score (nSPS) is 10.6. The van der Waals surface area contributed by atoms with Gasteiger partial charge in [0.2, 0.25) is 5.95 Å². The fourth-order valence-electron chi connectivity index (χ4n) is 2.87. The minimum Gasteiger partial charge on any atom is -0.345 e. The van der Waals surface area contributed by atoms with Crippen LogP contribution in [0.4, 0.5) is 5.95 Å². The van der Waals surface area contributed by atoms with Crippen LogP contribution in [0.25, 0.3) is 0 Å². The molecular weight excluding hydrogens is 390 g/mol. The van der Waals surface area contributed by atoms with E-state index in [9.17, 15) is 9.59 Å². The quantitative estimate of drug-likeness (QED) is 0.658. The van der Waals surface area contributed by atoms with E-state index >= 15 is 0 Å². The first-order valence-corrected chi connectivity index (χ1v) is 10.1. The van der Waals surface area contributed by atoms with Gasteiger partial charge in [0, 0.05) is 45.8 Å². The van der Waals surface area contributed by atoms with Gasteiger partial charge in [0.25, 0.3) is 11.8 Å². The number of carbonyl (C=O) groups is 2. The summed E-state index contributed by atoms with van der Waals surface area (Å²) in [5.74, 6) is 0.184. The van der Waals surface area contributed by atoms with Gasteiger partial charge in [-0.2, -0.15) is 0 Å². The monoisotopic (exact) mass is 417 g/mol. The highest BCUT2D eigenvalue weighted by atomic mass is 35.5. The summed E-state index contributed by atoms with van der Waals surface area (Å²) in [7, 11) is 3.43. The van der Waals surface area contributed by atoms with E-state index in [0.29, 0.717) is 24.6 Å². The van der Waals surface area contributed by atoms with Crippen LogP contribution in [-0.2, 0) is 6.54 Å². The Morgan fingerprint density at radius 2 is 1.59 bits per heavy atom. The Morgan fingerprint density at radius 1 is 0.966 bits per heavy atom. The third kappa shape index (κ3) is 5.44. The zero-order chi connectivity index (χ0) is 21.6. The zero-order valence-electron chi connectivity index (χ0n) is 17.6. The van der Waals surface area contributed by atoms with E-state index in [-0.39, 0.29) is 22.5 Å². The van der Waals surface area contributed by atoms with Crippen molar-refractivity contribution in [2.75, 3.05) is 38.6 Å². The van der Waals surface area contributed by atoms with Gasteiger partial charge in [-0.05, 0) is 38.5 Å². The molecule has 0 fully saturated rings. The molecule has 2 amide bonds. The number of aromatic nitrogens is 2. The van der Waals surface area contributed by atoms with Gasteiger partial charge >= 0.3 is 0 Å². The Balaban J connectivity index is 2.23. The van der Waals surface area contributed by atoms with Crippen molar-refractivity contribution in [3.8, 4) is 0 Å². The molecule has 0 aliphatic carbocycles. The minimum atomic E-state index is -0.248. The summed E-state index contributed by atoms with van der Waals surface area (Å²) in [4.78, 5) is 39.0. The third-order valence-electron chi connectivity index (χ3n) is 4.63. The van der Waals surface area contributed by atoms with Gasteiger partial charge in [-0.25, -0.2) is 9.97 Å². The van der Waals surface area contributed by atoms with Crippen molar-refractivity contribution < 1.29 is 9.59 Å². The lowest BCUT2D eigenvalue weighted by molar-refractivity contribution is 0.0745. The Morgan fingerprint density at radius 3 is 2.10 bits per heavy atom. The van der Waals surface area contributed by atoms with E-state index in [1.165, 1.54) is 11.1 Å². The summed E-state index contributed by atoms with van der Waals surface area (Å²) in [5.41, 5.74) is 1.73. The Kier molecular flexibility index (Phi) is 7.96. The largest absolute Gasteiger partial charge is 0.345 e. The van der Waals surface area contributed by atoms with Crippen LogP contribution in [0.2, 0.25) is 5.02 Å². The molecule has 1 aromatic heterocycles. The number of nitrogens with zero attached hydrogens (tertiary/aromatic N) is 5. The molecule has 0 N–H and O–H groups in total. The molecule has 0 unspecified atom stereocenters. The average molecular weight is 418 g/mol. The van der Waals surface area contributed by atoms with Gasteiger partial charge < -0.3 is 14.7 Å². The number of amides is 2. The summed E-state index contributed by atoms with van der Waals surface area (Å²) >= 11 is 6.24. The predicted octanol–water partition coefficient (Wildman–Crippen LogP) is 3.34. The van der Waals surface area contributed by atoms with Gasteiger partial charge in [-0.3, -0.25) is 9.59 Å². The molecule has 1 heterocycles. The van der Waals surface area contributed by atoms with Crippen LogP contribution >= 0.6 is 11.6 Å². The van der Waals surface area contributed by atoms with Crippen molar-refractivity contribution >= 4 is 29.4 Å². The lowest BCUT2D eigenvalue weighted by atomic mass is 10.1. The molecule has 0 spiro atoms. The highest BCUT2D eigenvalue weighted by molar-refractivity contribution is 6.33. The molecule has 0 saturated heterocycles. The second kappa shape index (κ2) is 10.2. The van der Waals surface area contributed by atoms with E-state index in [1.807, 2.05) is 37.8 Å². The maximum absolute atomic E-state index is 13.1. The second-order valence-corrected chi connectivity index (χ2v) is 7.16. The molecular formula is C21H28ClN5O2. The number of hydrogen-bond donors (Lipinski definition) is 0. The molecule has 0 aliphatic rings. The van der Waals surface area contributed by atoms with E-state index in [1.54, 1.807) is 31.1 Å².